The summed E-state index contributed by atoms with van der Waals surface area (Å²) in [6.45, 7) is 2.21. The first-order chi connectivity index (χ1) is 10.2. The third-order valence-electron chi connectivity index (χ3n) is 5.29. The van der Waals surface area contributed by atoms with E-state index in [0.717, 1.165) is 36.1 Å². The predicted octanol–water partition coefficient (Wildman–Crippen LogP) is 3.90. The van der Waals surface area contributed by atoms with Crippen LogP contribution in [0.2, 0.25) is 0 Å². The summed E-state index contributed by atoms with van der Waals surface area (Å²) in [5.74, 6) is 0.804. The van der Waals surface area contributed by atoms with Crippen molar-refractivity contribution in [2.45, 2.75) is 56.9 Å². The minimum Gasteiger partial charge on any atom is -0.478 e. The highest BCUT2D eigenvalue weighted by Gasteiger charge is 2.43. The van der Waals surface area contributed by atoms with Crippen molar-refractivity contribution in [2.75, 3.05) is 0 Å². The lowest BCUT2D eigenvalue weighted by atomic mass is 9.74. The SMILES string of the molecule is CCC1(n2c(C3CC3)nc3cccc(C(=O)O)c32)CCC1. The van der Waals surface area contributed by atoms with Gasteiger partial charge in [0.25, 0.3) is 0 Å². The van der Waals surface area contributed by atoms with E-state index in [0.29, 0.717) is 11.5 Å². The first kappa shape index (κ1) is 12.9. The van der Waals surface area contributed by atoms with Gasteiger partial charge in [0, 0.05) is 11.5 Å². The first-order valence-corrected chi connectivity index (χ1v) is 7.91. The molecule has 0 radical (unpaired) electrons. The summed E-state index contributed by atoms with van der Waals surface area (Å²) in [4.78, 5) is 16.5. The van der Waals surface area contributed by atoms with Crippen LogP contribution in [0.1, 0.15) is 67.5 Å². The summed E-state index contributed by atoms with van der Waals surface area (Å²) in [5, 5.41) is 9.56. The Hall–Kier alpha value is -1.84. The van der Waals surface area contributed by atoms with Gasteiger partial charge in [-0.2, -0.15) is 0 Å². The maximum atomic E-state index is 11.6. The van der Waals surface area contributed by atoms with Gasteiger partial charge in [0.15, 0.2) is 0 Å². The second-order valence-corrected chi connectivity index (χ2v) is 6.49. The van der Waals surface area contributed by atoms with Gasteiger partial charge in [0.1, 0.15) is 5.82 Å². The molecule has 2 aliphatic carbocycles. The second kappa shape index (κ2) is 4.33. The van der Waals surface area contributed by atoms with Crippen LogP contribution < -0.4 is 0 Å². The smallest absolute Gasteiger partial charge is 0.337 e. The molecular formula is C17H20N2O2. The van der Waals surface area contributed by atoms with Gasteiger partial charge >= 0.3 is 5.97 Å². The van der Waals surface area contributed by atoms with E-state index in [1.807, 2.05) is 6.07 Å². The van der Waals surface area contributed by atoms with E-state index in [9.17, 15) is 9.90 Å². The minimum absolute atomic E-state index is 0.0955. The molecule has 4 nitrogen and oxygen atoms in total. The number of hydrogen-bond donors (Lipinski definition) is 1. The standard InChI is InChI=1S/C17H20N2O2/c1-2-17(9-4-10-17)19-14-12(16(20)21)5-3-6-13(14)18-15(19)11-7-8-11/h3,5-6,11H,2,4,7-10H2,1H3,(H,20,21). The van der Waals surface area contributed by atoms with E-state index in [-0.39, 0.29) is 5.54 Å². The average molecular weight is 284 g/mol. The van der Waals surface area contributed by atoms with Crippen molar-refractivity contribution in [2.24, 2.45) is 0 Å². The predicted molar refractivity (Wildman–Crippen MR) is 80.8 cm³/mol. The van der Waals surface area contributed by atoms with E-state index < -0.39 is 5.97 Å². The molecule has 2 aromatic rings. The van der Waals surface area contributed by atoms with Crippen LogP contribution in [0.15, 0.2) is 18.2 Å². The maximum absolute atomic E-state index is 11.6. The molecule has 0 spiro atoms. The normalized spacial score (nSPS) is 20.4. The van der Waals surface area contributed by atoms with E-state index in [2.05, 4.69) is 11.5 Å². The highest BCUT2D eigenvalue weighted by Crippen LogP contribution is 2.49. The van der Waals surface area contributed by atoms with Crippen molar-refractivity contribution in [3.05, 3.63) is 29.6 Å². The number of hydrogen-bond acceptors (Lipinski definition) is 2. The van der Waals surface area contributed by atoms with Crippen LogP contribution in [0.25, 0.3) is 11.0 Å². The van der Waals surface area contributed by atoms with Gasteiger partial charge in [-0.15, -0.1) is 0 Å². The summed E-state index contributed by atoms with van der Waals surface area (Å²) in [7, 11) is 0. The van der Waals surface area contributed by atoms with Gasteiger partial charge in [0.2, 0.25) is 0 Å². The zero-order chi connectivity index (χ0) is 14.6. The molecule has 0 bridgehead atoms. The number of carbonyl (C=O) groups is 1. The molecule has 2 fully saturated rings. The lowest BCUT2D eigenvalue weighted by molar-refractivity contribution is 0.0697. The molecular weight excluding hydrogens is 264 g/mol. The third kappa shape index (κ3) is 1.74. The molecule has 0 atom stereocenters. The quantitative estimate of drug-likeness (QED) is 0.926. The van der Waals surface area contributed by atoms with Gasteiger partial charge in [-0.3, -0.25) is 0 Å². The molecule has 0 amide bonds. The molecule has 21 heavy (non-hydrogen) atoms. The summed E-state index contributed by atoms with van der Waals surface area (Å²) < 4.78 is 2.31. The number of rotatable bonds is 4. The van der Waals surface area contributed by atoms with Gasteiger partial charge < -0.3 is 9.67 Å². The Labute approximate surface area is 123 Å². The van der Waals surface area contributed by atoms with Gasteiger partial charge in [-0.25, -0.2) is 9.78 Å². The summed E-state index contributed by atoms with van der Waals surface area (Å²) in [5.41, 5.74) is 2.18. The zero-order valence-electron chi connectivity index (χ0n) is 12.3. The number of aromatic carboxylic acids is 1. The number of benzene rings is 1. The Bertz CT molecular complexity index is 718. The Morgan fingerprint density at radius 1 is 1.43 bits per heavy atom. The number of fused-ring (bicyclic) bond motifs is 1. The van der Waals surface area contributed by atoms with Crippen LogP contribution in [0.5, 0.6) is 0 Å². The molecule has 1 heterocycles. The van der Waals surface area contributed by atoms with E-state index >= 15 is 0 Å². The molecule has 0 unspecified atom stereocenters. The van der Waals surface area contributed by atoms with Crippen molar-refractivity contribution >= 4 is 17.0 Å². The van der Waals surface area contributed by atoms with Crippen molar-refractivity contribution in [1.29, 1.82) is 0 Å². The van der Waals surface area contributed by atoms with Crippen LogP contribution in [-0.2, 0) is 5.54 Å². The third-order valence-corrected chi connectivity index (χ3v) is 5.29. The molecule has 4 heteroatoms. The fourth-order valence-corrected chi connectivity index (χ4v) is 3.73. The average Bonchev–Trinajstić information content (AvgIpc) is 3.20. The Balaban J connectivity index is 2.05. The number of para-hydroxylation sites is 1. The Kier molecular flexibility index (Phi) is 2.65. The van der Waals surface area contributed by atoms with Crippen LogP contribution in [0, 0.1) is 0 Å². The van der Waals surface area contributed by atoms with E-state index in [1.54, 1.807) is 12.1 Å². The largest absolute Gasteiger partial charge is 0.478 e. The molecule has 0 saturated heterocycles. The molecule has 110 valence electrons. The Morgan fingerprint density at radius 2 is 2.19 bits per heavy atom. The summed E-state index contributed by atoms with van der Waals surface area (Å²) in [6, 6.07) is 5.47. The van der Waals surface area contributed by atoms with Crippen molar-refractivity contribution in [1.82, 2.24) is 9.55 Å². The molecule has 1 aromatic heterocycles. The monoisotopic (exact) mass is 284 g/mol. The first-order valence-electron chi connectivity index (χ1n) is 7.91. The molecule has 2 aliphatic rings. The Morgan fingerprint density at radius 3 is 2.71 bits per heavy atom. The molecule has 2 saturated carbocycles. The number of imidazole rings is 1. The van der Waals surface area contributed by atoms with E-state index in [1.165, 1.54) is 19.3 Å². The molecule has 0 aliphatic heterocycles. The van der Waals surface area contributed by atoms with Crippen molar-refractivity contribution in [3.63, 3.8) is 0 Å². The van der Waals surface area contributed by atoms with Gasteiger partial charge in [-0.05, 0) is 50.7 Å². The molecule has 1 N–H and O–H groups in total. The lowest BCUT2D eigenvalue weighted by Gasteiger charge is -2.44. The van der Waals surface area contributed by atoms with Crippen LogP contribution >= 0.6 is 0 Å². The summed E-state index contributed by atoms with van der Waals surface area (Å²) >= 11 is 0. The highest BCUT2D eigenvalue weighted by molar-refractivity contribution is 6.01. The zero-order valence-corrected chi connectivity index (χ0v) is 12.3. The van der Waals surface area contributed by atoms with Crippen molar-refractivity contribution < 1.29 is 9.90 Å². The van der Waals surface area contributed by atoms with Crippen LogP contribution in [0.4, 0.5) is 0 Å². The topological polar surface area (TPSA) is 55.1 Å². The minimum atomic E-state index is -0.852. The van der Waals surface area contributed by atoms with Crippen LogP contribution in [0.3, 0.4) is 0 Å². The fourth-order valence-electron chi connectivity index (χ4n) is 3.73. The number of carboxylic acids is 1. The van der Waals surface area contributed by atoms with E-state index in [4.69, 9.17) is 4.98 Å². The summed E-state index contributed by atoms with van der Waals surface area (Å²) in [6.07, 6.45) is 6.93. The number of carboxylic acid groups (broad SMARTS) is 1. The van der Waals surface area contributed by atoms with Gasteiger partial charge in [0.05, 0.1) is 16.6 Å². The number of nitrogens with zero attached hydrogens (tertiary/aromatic N) is 2. The number of aromatic nitrogens is 2. The highest BCUT2D eigenvalue weighted by atomic mass is 16.4. The van der Waals surface area contributed by atoms with Gasteiger partial charge in [-0.1, -0.05) is 13.0 Å². The fraction of sp³-hybridized carbons (Fsp3) is 0.529. The lowest BCUT2D eigenvalue weighted by Crippen LogP contribution is -2.41. The molecule has 4 rings (SSSR count). The second-order valence-electron chi connectivity index (χ2n) is 6.49. The maximum Gasteiger partial charge on any atom is 0.337 e. The van der Waals surface area contributed by atoms with Crippen molar-refractivity contribution in [3.8, 4) is 0 Å². The molecule has 1 aromatic carbocycles. The van der Waals surface area contributed by atoms with Crippen LogP contribution in [-0.4, -0.2) is 20.6 Å².